The Morgan fingerprint density at radius 1 is 1.33 bits per heavy atom. The molecular weight excluding hydrogens is 290 g/mol. The van der Waals surface area contributed by atoms with E-state index in [0.717, 1.165) is 5.56 Å². The second-order valence-electron chi connectivity index (χ2n) is 4.58. The highest BCUT2D eigenvalue weighted by molar-refractivity contribution is 7.89. The zero-order valence-electron chi connectivity index (χ0n) is 12.1. The van der Waals surface area contributed by atoms with Gasteiger partial charge in [-0.2, -0.15) is 5.10 Å². The van der Waals surface area contributed by atoms with Gasteiger partial charge in [0.2, 0.25) is 10.0 Å². The lowest BCUT2D eigenvalue weighted by Crippen LogP contribution is -2.28. The van der Waals surface area contributed by atoms with Crippen LogP contribution in [0.15, 0.2) is 35.7 Å². The first kappa shape index (κ1) is 15.5. The summed E-state index contributed by atoms with van der Waals surface area (Å²) in [6.07, 6.45) is 6.50. The molecule has 0 aromatic carbocycles. The molecule has 0 amide bonds. The van der Waals surface area contributed by atoms with Gasteiger partial charge in [-0.05, 0) is 25.5 Å². The monoisotopic (exact) mass is 309 g/mol. The van der Waals surface area contributed by atoms with Gasteiger partial charge >= 0.3 is 0 Å². The van der Waals surface area contributed by atoms with E-state index in [1.807, 2.05) is 20.0 Å². The second-order valence-corrected chi connectivity index (χ2v) is 6.32. The molecule has 2 aromatic rings. The molecule has 114 valence electrons. The predicted molar refractivity (Wildman–Crippen MR) is 80.6 cm³/mol. The largest absolute Gasteiger partial charge is 0.384 e. The molecule has 0 atom stereocenters. The Labute approximate surface area is 124 Å². The molecule has 0 aliphatic rings. The van der Waals surface area contributed by atoms with Crippen LogP contribution in [-0.2, 0) is 16.6 Å². The van der Waals surface area contributed by atoms with Gasteiger partial charge in [-0.3, -0.25) is 9.67 Å². The van der Waals surface area contributed by atoms with Crippen molar-refractivity contribution in [2.75, 3.05) is 18.4 Å². The van der Waals surface area contributed by atoms with Crippen molar-refractivity contribution in [3.63, 3.8) is 0 Å². The molecule has 0 bridgehead atoms. The summed E-state index contributed by atoms with van der Waals surface area (Å²) in [6.45, 7) is 5.23. The van der Waals surface area contributed by atoms with Gasteiger partial charge < -0.3 is 5.32 Å². The summed E-state index contributed by atoms with van der Waals surface area (Å²) in [7, 11) is -3.59. The normalized spacial score (nSPS) is 11.5. The highest BCUT2D eigenvalue weighted by Gasteiger charge is 2.18. The van der Waals surface area contributed by atoms with Crippen LogP contribution in [0.1, 0.15) is 12.5 Å². The van der Waals surface area contributed by atoms with Crippen LogP contribution in [0.4, 0.5) is 5.69 Å². The minimum Gasteiger partial charge on any atom is -0.384 e. The van der Waals surface area contributed by atoms with Crippen LogP contribution in [0.2, 0.25) is 0 Å². The molecular formula is C13H19N5O2S. The van der Waals surface area contributed by atoms with E-state index < -0.39 is 10.0 Å². The second kappa shape index (κ2) is 6.68. The number of aromatic nitrogens is 3. The molecule has 0 aliphatic heterocycles. The molecule has 0 saturated carbocycles. The minimum absolute atomic E-state index is 0.156. The molecule has 0 radical (unpaired) electrons. The zero-order valence-corrected chi connectivity index (χ0v) is 12.9. The smallest absolute Gasteiger partial charge is 0.244 e. The number of sulfonamides is 1. The Kier molecular flexibility index (Phi) is 4.92. The van der Waals surface area contributed by atoms with Gasteiger partial charge in [-0.1, -0.05) is 0 Å². The topological polar surface area (TPSA) is 88.9 Å². The first-order valence-electron chi connectivity index (χ1n) is 6.69. The molecule has 0 aliphatic carbocycles. The Bertz CT molecular complexity index is 696. The van der Waals surface area contributed by atoms with Crippen molar-refractivity contribution in [2.24, 2.45) is 0 Å². The van der Waals surface area contributed by atoms with Crippen molar-refractivity contribution < 1.29 is 8.42 Å². The highest BCUT2D eigenvalue weighted by atomic mass is 32.2. The van der Waals surface area contributed by atoms with Crippen molar-refractivity contribution in [1.29, 1.82) is 0 Å². The van der Waals surface area contributed by atoms with Gasteiger partial charge in [0.15, 0.2) is 0 Å². The van der Waals surface area contributed by atoms with E-state index in [1.54, 1.807) is 23.1 Å². The summed E-state index contributed by atoms with van der Waals surface area (Å²) in [5.74, 6) is 0. The maximum atomic E-state index is 12.3. The van der Waals surface area contributed by atoms with Crippen LogP contribution in [0.3, 0.4) is 0 Å². The van der Waals surface area contributed by atoms with Gasteiger partial charge in [-0.15, -0.1) is 0 Å². The summed E-state index contributed by atoms with van der Waals surface area (Å²) in [4.78, 5) is 4.04. The summed E-state index contributed by atoms with van der Waals surface area (Å²) in [5.41, 5.74) is 1.59. The molecule has 7 nitrogen and oxygen atoms in total. The van der Waals surface area contributed by atoms with Crippen LogP contribution in [0, 0.1) is 6.92 Å². The van der Waals surface area contributed by atoms with Crippen LogP contribution < -0.4 is 10.0 Å². The van der Waals surface area contributed by atoms with E-state index in [1.165, 1.54) is 6.20 Å². The Morgan fingerprint density at radius 2 is 2.14 bits per heavy atom. The van der Waals surface area contributed by atoms with Gasteiger partial charge in [0.25, 0.3) is 0 Å². The third kappa shape index (κ3) is 4.02. The minimum atomic E-state index is -3.59. The molecule has 2 N–H and O–H groups in total. The third-order valence-corrected chi connectivity index (χ3v) is 4.33. The Balaban J connectivity index is 2.04. The van der Waals surface area contributed by atoms with Gasteiger partial charge in [0, 0.05) is 31.7 Å². The Hall–Kier alpha value is -1.93. The first-order chi connectivity index (χ1) is 10.0. The SMILES string of the molecule is CCNc1ccncc1S(=O)(=O)NCCn1cc(C)cn1. The lowest BCUT2D eigenvalue weighted by molar-refractivity contribution is 0.560. The zero-order chi connectivity index (χ0) is 15.3. The van der Waals surface area contributed by atoms with E-state index >= 15 is 0 Å². The van der Waals surface area contributed by atoms with E-state index in [-0.39, 0.29) is 11.4 Å². The number of hydrogen-bond acceptors (Lipinski definition) is 5. The molecule has 2 heterocycles. The molecule has 2 rings (SSSR count). The van der Waals surface area contributed by atoms with Gasteiger partial charge in [-0.25, -0.2) is 13.1 Å². The number of anilines is 1. The maximum Gasteiger partial charge on any atom is 0.244 e. The average Bonchev–Trinajstić information content (AvgIpc) is 2.85. The molecule has 0 saturated heterocycles. The molecule has 0 unspecified atom stereocenters. The standard InChI is InChI=1S/C13H19N5O2S/c1-3-15-12-4-5-14-9-13(12)21(19,20)17-6-7-18-10-11(2)8-16-18/h4-5,8-10,17H,3,6-7H2,1-2H3,(H,14,15). The van der Waals surface area contributed by atoms with Crippen LogP contribution in [-0.4, -0.2) is 36.3 Å². The quantitative estimate of drug-likeness (QED) is 0.796. The van der Waals surface area contributed by atoms with Crippen molar-refractivity contribution >= 4 is 15.7 Å². The van der Waals surface area contributed by atoms with E-state index in [4.69, 9.17) is 0 Å². The first-order valence-corrected chi connectivity index (χ1v) is 8.18. The molecule has 0 fully saturated rings. The van der Waals surface area contributed by atoms with Crippen LogP contribution >= 0.6 is 0 Å². The fourth-order valence-corrected chi connectivity index (χ4v) is 3.04. The number of nitrogens with zero attached hydrogens (tertiary/aromatic N) is 3. The van der Waals surface area contributed by atoms with Crippen molar-refractivity contribution in [1.82, 2.24) is 19.5 Å². The van der Waals surface area contributed by atoms with Gasteiger partial charge in [0.05, 0.1) is 18.4 Å². The third-order valence-electron chi connectivity index (χ3n) is 2.84. The number of nitrogens with one attached hydrogen (secondary N) is 2. The fraction of sp³-hybridized carbons (Fsp3) is 0.385. The summed E-state index contributed by atoms with van der Waals surface area (Å²) >= 11 is 0. The van der Waals surface area contributed by atoms with Crippen LogP contribution in [0.5, 0.6) is 0 Å². The van der Waals surface area contributed by atoms with Crippen molar-refractivity contribution in [3.8, 4) is 0 Å². The summed E-state index contributed by atoms with van der Waals surface area (Å²) in [5, 5.41) is 7.13. The number of pyridine rings is 1. The predicted octanol–water partition coefficient (Wildman–Crippen LogP) is 0.997. The number of aryl methyl sites for hydroxylation is 1. The fourth-order valence-electron chi connectivity index (χ4n) is 1.89. The van der Waals surface area contributed by atoms with Crippen molar-refractivity contribution in [3.05, 3.63) is 36.4 Å². The van der Waals surface area contributed by atoms with Crippen LogP contribution in [0.25, 0.3) is 0 Å². The maximum absolute atomic E-state index is 12.3. The van der Waals surface area contributed by atoms with E-state index in [0.29, 0.717) is 18.8 Å². The number of hydrogen-bond donors (Lipinski definition) is 2. The number of rotatable bonds is 7. The summed E-state index contributed by atoms with van der Waals surface area (Å²) < 4.78 is 28.9. The average molecular weight is 309 g/mol. The molecule has 0 spiro atoms. The van der Waals surface area contributed by atoms with E-state index in [2.05, 4.69) is 20.1 Å². The summed E-state index contributed by atoms with van der Waals surface area (Å²) in [6, 6.07) is 1.65. The molecule has 8 heteroatoms. The molecule has 2 aromatic heterocycles. The highest BCUT2D eigenvalue weighted by Crippen LogP contribution is 2.18. The molecule has 21 heavy (non-hydrogen) atoms. The Morgan fingerprint density at radius 3 is 2.81 bits per heavy atom. The van der Waals surface area contributed by atoms with E-state index in [9.17, 15) is 8.42 Å². The lowest BCUT2D eigenvalue weighted by atomic mass is 10.4. The van der Waals surface area contributed by atoms with Crippen molar-refractivity contribution in [2.45, 2.75) is 25.3 Å². The lowest BCUT2D eigenvalue weighted by Gasteiger charge is -2.11. The van der Waals surface area contributed by atoms with Gasteiger partial charge in [0.1, 0.15) is 4.90 Å².